The van der Waals surface area contributed by atoms with E-state index in [1.165, 1.54) is 0 Å². The van der Waals surface area contributed by atoms with E-state index in [4.69, 9.17) is 4.74 Å². The molecule has 4 nitrogen and oxygen atoms in total. The summed E-state index contributed by atoms with van der Waals surface area (Å²) in [7, 11) is 0. The Bertz CT molecular complexity index is 308. The third kappa shape index (κ3) is 2.52. The Balaban J connectivity index is 2.73. The third-order valence-corrected chi connectivity index (χ3v) is 1.83. The number of carbonyl (C=O) groups excluding carboxylic acids is 1. The van der Waals surface area contributed by atoms with Crippen LogP contribution >= 0.6 is 0 Å². The number of aromatic nitrogens is 2. The first-order valence-corrected chi connectivity index (χ1v) is 4.60. The van der Waals surface area contributed by atoms with Crippen LogP contribution in [0, 0.1) is 6.92 Å². The van der Waals surface area contributed by atoms with Gasteiger partial charge in [0.05, 0.1) is 6.61 Å². The number of nitrogens with zero attached hydrogens (tertiary/aromatic N) is 2. The number of esters is 1. The molecule has 0 saturated carbocycles. The van der Waals surface area contributed by atoms with E-state index >= 15 is 0 Å². The monoisotopic (exact) mass is 194 g/mol. The van der Waals surface area contributed by atoms with Gasteiger partial charge in [0, 0.05) is 12.4 Å². The number of ether oxygens (including phenoxy) is 1. The summed E-state index contributed by atoms with van der Waals surface area (Å²) in [6.07, 6.45) is 3.39. The molecule has 1 atom stereocenters. The molecule has 1 aromatic rings. The van der Waals surface area contributed by atoms with Crippen molar-refractivity contribution in [3.8, 4) is 0 Å². The van der Waals surface area contributed by atoms with Gasteiger partial charge in [0.2, 0.25) is 0 Å². The lowest BCUT2D eigenvalue weighted by molar-refractivity contribution is -0.144. The van der Waals surface area contributed by atoms with E-state index in [0.717, 1.165) is 5.56 Å². The van der Waals surface area contributed by atoms with Crippen LogP contribution in [0.15, 0.2) is 12.4 Å². The normalized spacial score (nSPS) is 12.2. The van der Waals surface area contributed by atoms with Crippen LogP contribution in [-0.4, -0.2) is 22.5 Å². The van der Waals surface area contributed by atoms with E-state index in [1.807, 2.05) is 6.92 Å². The quantitative estimate of drug-likeness (QED) is 0.683. The molecule has 0 fully saturated rings. The van der Waals surface area contributed by atoms with Crippen LogP contribution in [0.4, 0.5) is 0 Å². The number of aryl methyl sites for hydroxylation is 1. The predicted molar refractivity (Wildman–Crippen MR) is 51.8 cm³/mol. The third-order valence-electron chi connectivity index (χ3n) is 1.83. The van der Waals surface area contributed by atoms with Crippen LogP contribution < -0.4 is 0 Å². The molecule has 0 aliphatic rings. The van der Waals surface area contributed by atoms with Crippen molar-refractivity contribution in [3.63, 3.8) is 0 Å². The number of rotatable bonds is 3. The van der Waals surface area contributed by atoms with Crippen LogP contribution in [0.1, 0.15) is 31.2 Å². The Morgan fingerprint density at radius 1 is 1.50 bits per heavy atom. The van der Waals surface area contributed by atoms with Gasteiger partial charge in [-0.3, -0.25) is 4.79 Å². The van der Waals surface area contributed by atoms with Gasteiger partial charge in [-0.05, 0) is 26.3 Å². The molecular formula is C10H14N2O2. The molecule has 0 spiro atoms. The van der Waals surface area contributed by atoms with Crippen molar-refractivity contribution < 1.29 is 9.53 Å². The molecule has 1 rings (SSSR count). The average Bonchev–Trinajstić information content (AvgIpc) is 2.18. The van der Waals surface area contributed by atoms with Crippen LogP contribution in [0.3, 0.4) is 0 Å². The lowest BCUT2D eigenvalue weighted by atomic mass is 10.1. The second-order valence-corrected chi connectivity index (χ2v) is 3.09. The standard InChI is InChI=1S/C10H14N2O2/c1-4-14-10(13)8(3)9-11-5-7(2)6-12-9/h5-6,8H,4H2,1-3H3. The molecule has 0 N–H and O–H groups in total. The molecule has 14 heavy (non-hydrogen) atoms. The molecule has 1 unspecified atom stereocenters. The molecule has 0 aliphatic carbocycles. The molecule has 0 aromatic carbocycles. The number of carbonyl (C=O) groups is 1. The fraction of sp³-hybridized carbons (Fsp3) is 0.500. The first kappa shape index (κ1) is 10.6. The fourth-order valence-electron chi connectivity index (χ4n) is 0.999. The first-order valence-electron chi connectivity index (χ1n) is 4.60. The maximum absolute atomic E-state index is 11.3. The van der Waals surface area contributed by atoms with Gasteiger partial charge in [0.15, 0.2) is 0 Å². The Morgan fingerprint density at radius 3 is 2.57 bits per heavy atom. The Hall–Kier alpha value is -1.45. The number of hydrogen-bond acceptors (Lipinski definition) is 4. The van der Waals surface area contributed by atoms with Gasteiger partial charge in [-0.1, -0.05) is 0 Å². The Labute approximate surface area is 83.3 Å². The molecular weight excluding hydrogens is 180 g/mol. The van der Waals surface area contributed by atoms with Crippen molar-refractivity contribution in [3.05, 3.63) is 23.8 Å². The summed E-state index contributed by atoms with van der Waals surface area (Å²) in [5, 5.41) is 0. The second kappa shape index (κ2) is 4.69. The molecule has 0 amide bonds. The Morgan fingerprint density at radius 2 is 2.07 bits per heavy atom. The first-order chi connectivity index (χ1) is 6.65. The maximum atomic E-state index is 11.3. The van der Waals surface area contributed by atoms with Gasteiger partial charge < -0.3 is 4.74 Å². The van der Waals surface area contributed by atoms with Crippen molar-refractivity contribution in [1.82, 2.24) is 9.97 Å². The topological polar surface area (TPSA) is 52.1 Å². The highest BCUT2D eigenvalue weighted by Gasteiger charge is 2.18. The zero-order chi connectivity index (χ0) is 10.6. The second-order valence-electron chi connectivity index (χ2n) is 3.09. The molecule has 0 saturated heterocycles. The summed E-state index contributed by atoms with van der Waals surface area (Å²) in [5.74, 6) is -0.166. The van der Waals surface area contributed by atoms with Crippen molar-refractivity contribution in [2.75, 3.05) is 6.61 Å². The lowest BCUT2D eigenvalue weighted by Gasteiger charge is -2.08. The van der Waals surface area contributed by atoms with Gasteiger partial charge in [-0.2, -0.15) is 0 Å². The highest BCUT2D eigenvalue weighted by molar-refractivity contribution is 5.76. The van der Waals surface area contributed by atoms with E-state index in [2.05, 4.69) is 9.97 Å². The molecule has 1 heterocycles. The fourth-order valence-corrected chi connectivity index (χ4v) is 0.999. The highest BCUT2D eigenvalue weighted by atomic mass is 16.5. The molecule has 76 valence electrons. The minimum Gasteiger partial charge on any atom is -0.465 e. The summed E-state index contributed by atoms with van der Waals surface area (Å²) in [5.41, 5.74) is 0.977. The van der Waals surface area contributed by atoms with Crippen molar-refractivity contribution in [1.29, 1.82) is 0 Å². The van der Waals surface area contributed by atoms with Crippen LogP contribution in [0.5, 0.6) is 0 Å². The maximum Gasteiger partial charge on any atom is 0.316 e. The largest absolute Gasteiger partial charge is 0.465 e. The summed E-state index contributed by atoms with van der Waals surface area (Å²) in [6.45, 7) is 5.80. The molecule has 1 aromatic heterocycles. The zero-order valence-corrected chi connectivity index (χ0v) is 8.65. The molecule has 0 bridgehead atoms. The minimum atomic E-state index is -0.393. The van der Waals surface area contributed by atoms with Gasteiger partial charge in [-0.25, -0.2) is 9.97 Å². The SMILES string of the molecule is CCOC(=O)C(C)c1ncc(C)cn1. The van der Waals surface area contributed by atoms with Crippen molar-refractivity contribution in [2.24, 2.45) is 0 Å². The average molecular weight is 194 g/mol. The highest BCUT2D eigenvalue weighted by Crippen LogP contribution is 2.11. The van der Waals surface area contributed by atoms with Gasteiger partial charge in [0.1, 0.15) is 11.7 Å². The smallest absolute Gasteiger partial charge is 0.316 e. The lowest BCUT2D eigenvalue weighted by Crippen LogP contribution is -2.15. The van der Waals surface area contributed by atoms with Crippen molar-refractivity contribution >= 4 is 5.97 Å². The van der Waals surface area contributed by atoms with E-state index in [9.17, 15) is 4.79 Å². The van der Waals surface area contributed by atoms with Crippen LogP contribution in [0.25, 0.3) is 0 Å². The van der Waals surface area contributed by atoms with E-state index in [-0.39, 0.29) is 5.97 Å². The van der Waals surface area contributed by atoms with Gasteiger partial charge >= 0.3 is 5.97 Å². The van der Waals surface area contributed by atoms with E-state index in [1.54, 1.807) is 26.2 Å². The van der Waals surface area contributed by atoms with E-state index in [0.29, 0.717) is 12.4 Å². The molecule has 0 aliphatic heterocycles. The van der Waals surface area contributed by atoms with Crippen LogP contribution in [-0.2, 0) is 9.53 Å². The summed E-state index contributed by atoms with van der Waals surface area (Å²) >= 11 is 0. The number of hydrogen-bond donors (Lipinski definition) is 0. The summed E-state index contributed by atoms with van der Waals surface area (Å²) < 4.78 is 4.87. The predicted octanol–water partition coefficient (Wildman–Crippen LogP) is 1.45. The van der Waals surface area contributed by atoms with Gasteiger partial charge in [0.25, 0.3) is 0 Å². The van der Waals surface area contributed by atoms with E-state index < -0.39 is 5.92 Å². The molecule has 0 radical (unpaired) electrons. The zero-order valence-electron chi connectivity index (χ0n) is 8.65. The summed E-state index contributed by atoms with van der Waals surface area (Å²) in [6, 6.07) is 0. The van der Waals surface area contributed by atoms with Gasteiger partial charge in [-0.15, -0.1) is 0 Å². The summed E-state index contributed by atoms with van der Waals surface area (Å²) in [4.78, 5) is 19.5. The molecule has 4 heteroatoms. The van der Waals surface area contributed by atoms with Crippen molar-refractivity contribution in [2.45, 2.75) is 26.7 Å². The van der Waals surface area contributed by atoms with Crippen LogP contribution in [0.2, 0.25) is 0 Å². The Kier molecular flexibility index (Phi) is 3.56. The minimum absolute atomic E-state index is 0.281.